The van der Waals surface area contributed by atoms with E-state index in [0.717, 1.165) is 48.0 Å². The molecule has 1 fully saturated rings. The Morgan fingerprint density at radius 2 is 2.00 bits per heavy atom. The van der Waals surface area contributed by atoms with E-state index in [0.29, 0.717) is 12.0 Å². The molecule has 4 rings (SSSR count). The average molecular weight is 434 g/mol. The van der Waals surface area contributed by atoms with Gasteiger partial charge in [-0.3, -0.25) is 4.68 Å². The Morgan fingerprint density at radius 3 is 2.61 bits per heavy atom. The Balaban J connectivity index is 0.000000339. The summed E-state index contributed by atoms with van der Waals surface area (Å²) in [5.41, 5.74) is 2.78. The van der Waals surface area contributed by atoms with Crippen LogP contribution in [0.4, 0.5) is 13.2 Å². The van der Waals surface area contributed by atoms with E-state index >= 15 is 0 Å². The van der Waals surface area contributed by atoms with Crippen LogP contribution in [0.5, 0.6) is 0 Å². The number of alkyl halides is 3. The van der Waals surface area contributed by atoms with Crippen molar-refractivity contribution < 1.29 is 23.1 Å². The van der Waals surface area contributed by atoms with Gasteiger partial charge in [0.25, 0.3) is 0 Å². The minimum Gasteiger partial charge on any atom is -0.475 e. The Bertz CT molecular complexity index is 1080. The number of halogens is 3. The highest BCUT2D eigenvalue weighted by atomic mass is 19.4. The number of fused-ring (bicyclic) bond motifs is 1. The fourth-order valence-corrected chi connectivity index (χ4v) is 3.73. The molecule has 0 saturated heterocycles. The average Bonchev–Trinajstić information content (AvgIpc) is 3.42. The van der Waals surface area contributed by atoms with Crippen molar-refractivity contribution in [1.82, 2.24) is 24.7 Å². The minimum absolute atomic E-state index is 0.155. The molecule has 0 radical (unpaired) electrons. The maximum atomic E-state index is 10.6. The Labute approximate surface area is 175 Å². The summed E-state index contributed by atoms with van der Waals surface area (Å²) >= 11 is 0. The van der Waals surface area contributed by atoms with Gasteiger partial charge < -0.3 is 10.1 Å². The number of nitrogens with zero attached hydrogens (tertiary/aromatic N) is 5. The normalized spacial score (nSPS) is 19.8. The highest BCUT2D eigenvalue weighted by Crippen LogP contribution is 2.36. The highest BCUT2D eigenvalue weighted by Gasteiger charge is 2.38. The number of carboxylic acids is 1. The zero-order chi connectivity index (χ0) is 22.6. The number of aromatic nitrogens is 5. The maximum Gasteiger partial charge on any atom is 0.490 e. The number of aliphatic carboxylic acids is 1. The molecule has 3 aromatic heterocycles. The Morgan fingerprint density at radius 1 is 1.32 bits per heavy atom. The van der Waals surface area contributed by atoms with Crippen LogP contribution >= 0.6 is 0 Å². The molecule has 11 heteroatoms. The molecular weight excluding hydrogens is 413 g/mol. The van der Waals surface area contributed by atoms with Gasteiger partial charge in [0.2, 0.25) is 0 Å². The molecule has 0 amide bonds. The quantitative estimate of drug-likeness (QED) is 0.632. The summed E-state index contributed by atoms with van der Waals surface area (Å²) in [6, 6.07) is 4.81. The van der Waals surface area contributed by atoms with Gasteiger partial charge in [-0.05, 0) is 44.6 Å². The van der Waals surface area contributed by atoms with Gasteiger partial charge in [0.15, 0.2) is 0 Å². The summed E-state index contributed by atoms with van der Waals surface area (Å²) in [4.78, 5) is 20.7. The van der Waals surface area contributed by atoms with Crippen LogP contribution in [0, 0.1) is 23.2 Å². The first-order valence-corrected chi connectivity index (χ1v) is 9.73. The van der Waals surface area contributed by atoms with Crippen LogP contribution in [0.15, 0.2) is 31.0 Å². The molecule has 3 heterocycles. The van der Waals surface area contributed by atoms with Crippen molar-refractivity contribution in [3.05, 3.63) is 31.0 Å². The number of hydrogen-bond donors (Lipinski definition) is 2. The first-order valence-electron chi connectivity index (χ1n) is 9.73. The van der Waals surface area contributed by atoms with E-state index in [1.165, 1.54) is 0 Å². The first kappa shape index (κ1) is 22.3. The second-order valence-corrected chi connectivity index (χ2v) is 7.46. The molecule has 1 atom stereocenters. The Hall–Kier alpha value is -3.42. The summed E-state index contributed by atoms with van der Waals surface area (Å²) in [6.45, 7) is 2.04. The SMILES string of the molecule is CC(C#N)C1CCC(n2cc(-c3ncnc4[nH]ccc34)cn2)CC1.O=C(O)C(F)(F)F. The van der Waals surface area contributed by atoms with Crippen molar-refractivity contribution in [3.8, 4) is 17.3 Å². The standard InChI is InChI=1S/C18H20N6.C2HF3O2/c1-12(8-19)13-2-4-15(5-3-13)24-10-14(9-23-24)17-16-6-7-20-18(16)22-11-21-17;3-2(4,5)1(6)7/h6-7,9-13,15H,2-5H2,1H3,(H,20,21,22);(H,6,7). The molecule has 0 aliphatic heterocycles. The van der Waals surface area contributed by atoms with Gasteiger partial charge in [-0.15, -0.1) is 0 Å². The van der Waals surface area contributed by atoms with Crippen LogP contribution in [0.3, 0.4) is 0 Å². The fraction of sp³-hybridized carbons (Fsp3) is 0.450. The lowest BCUT2D eigenvalue weighted by atomic mass is 9.79. The van der Waals surface area contributed by atoms with E-state index in [2.05, 4.69) is 37.0 Å². The topological polar surface area (TPSA) is 120 Å². The van der Waals surface area contributed by atoms with Crippen LogP contribution in [-0.2, 0) is 4.79 Å². The third-order valence-electron chi connectivity index (χ3n) is 5.50. The second kappa shape index (κ2) is 9.16. The molecule has 0 bridgehead atoms. The van der Waals surface area contributed by atoms with Crippen LogP contribution in [0.1, 0.15) is 38.6 Å². The molecule has 1 aliphatic rings. The van der Waals surface area contributed by atoms with Gasteiger partial charge in [0.1, 0.15) is 12.0 Å². The summed E-state index contributed by atoms with van der Waals surface area (Å²) in [7, 11) is 0. The van der Waals surface area contributed by atoms with E-state index < -0.39 is 12.1 Å². The molecule has 164 valence electrons. The van der Waals surface area contributed by atoms with Gasteiger partial charge in [-0.1, -0.05) is 0 Å². The van der Waals surface area contributed by atoms with Gasteiger partial charge in [-0.25, -0.2) is 14.8 Å². The number of carboxylic acid groups (broad SMARTS) is 1. The fourth-order valence-electron chi connectivity index (χ4n) is 3.73. The van der Waals surface area contributed by atoms with Crippen LogP contribution in [-0.4, -0.2) is 42.0 Å². The second-order valence-electron chi connectivity index (χ2n) is 7.46. The minimum atomic E-state index is -5.08. The lowest BCUT2D eigenvalue weighted by Crippen LogP contribution is -2.21. The van der Waals surface area contributed by atoms with Crippen molar-refractivity contribution in [2.75, 3.05) is 0 Å². The summed E-state index contributed by atoms with van der Waals surface area (Å²) in [5.74, 6) is -2.07. The monoisotopic (exact) mass is 434 g/mol. The molecular formula is C20H21F3N6O2. The van der Waals surface area contributed by atoms with Crippen molar-refractivity contribution in [3.63, 3.8) is 0 Å². The predicted octanol–water partition coefficient (Wildman–Crippen LogP) is 4.35. The summed E-state index contributed by atoms with van der Waals surface area (Å²) < 4.78 is 33.8. The van der Waals surface area contributed by atoms with Crippen LogP contribution in [0.2, 0.25) is 0 Å². The largest absolute Gasteiger partial charge is 0.490 e. The van der Waals surface area contributed by atoms with Gasteiger partial charge in [-0.2, -0.15) is 23.5 Å². The number of nitrogens with one attached hydrogen (secondary N) is 1. The van der Waals surface area contributed by atoms with Crippen molar-refractivity contribution >= 4 is 17.0 Å². The number of rotatable bonds is 3. The molecule has 1 unspecified atom stereocenters. The van der Waals surface area contributed by atoms with E-state index in [9.17, 15) is 13.2 Å². The highest BCUT2D eigenvalue weighted by molar-refractivity contribution is 5.89. The number of carbonyl (C=O) groups is 1. The summed E-state index contributed by atoms with van der Waals surface area (Å²) in [6.07, 6.45) is 6.73. The van der Waals surface area contributed by atoms with Gasteiger partial charge >= 0.3 is 12.1 Å². The molecule has 3 aromatic rings. The first-order chi connectivity index (χ1) is 14.7. The third kappa shape index (κ3) is 5.20. The van der Waals surface area contributed by atoms with Crippen molar-refractivity contribution in [2.45, 2.75) is 44.8 Å². The predicted molar refractivity (Wildman–Crippen MR) is 105 cm³/mol. The van der Waals surface area contributed by atoms with Crippen molar-refractivity contribution in [2.24, 2.45) is 11.8 Å². The van der Waals surface area contributed by atoms with Crippen LogP contribution < -0.4 is 0 Å². The third-order valence-corrected chi connectivity index (χ3v) is 5.50. The lowest BCUT2D eigenvalue weighted by molar-refractivity contribution is -0.192. The van der Waals surface area contributed by atoms with Gasteiger partial charge in [0, 0.05) is 29.3 Å². The van der Waals surface area contributed by atoms with Gasteiger partial charge in [0.05, 0.1) is 24.0 Å². The van der Waals surface area contributed by atoms with E-state index in [-0.39, 0.29) is 5.92 Å². The van der Waals surface area contributed by atoms with Crippen LogP contribution in [0.25, 0.3) is 22.3 Å². The lowest BCUT2D eigenvalue weighted by Gasteiger charge is -2.29. The molecule has 1 aliphatic carbocycles. The maximum absolute atomic E-state index is 10.6. The van der Waals surface area contributed by atoms with E-state index in [1.54, 1.807) is 6.33 Å². The molecule has 8 nitrogen and oxygen atoms in total. The number of H-pyrrole nitrogens is 1. The van der Waals surface area contributed by atoms with E-state index in [1.807, 2.05) is 25.4 Å². The molecule has 0 aromatic carbocycles. The number of nitriles is 1. The zero-order valence-electron chi connectivity index (χ0n) is 16.7. The molecule has 31 heavy (non-hydrogen) atoms. The molecule has 0 spiro atoms. The zero-order valence-corrected chi connectivity index (χ0v) is 16.7. The number of aromatic amines is 1. The number of hydrogen-bond acceptors (Lipinski definition) is 5. The van der Waals surface area contributed by atoms with E-state index in [4.69, 9.17) is 15.2 Å². The smallest absolute Gasteiger partial charge is 0.475 e. The van der Waals surface area contributed by atoms with Crippen molar-refractivity contribution in [1.29, 1.82) is 5.26 Å². The summed E-state index contributed by atoms with van der Waals surface area (Å²) in [5, 5.41) is 21.8. The molecule has 1 saturated carbocycles. The Kier molecular flexibility index (Phi) is 6.58. The molecule has 2 N–H and O–H groups in total.